The summed E-state index contributed by atoms with van der Waals surface area (Å²) in [6.07, 6.45) is 3.85. The maximum atomic E-state index is 11.3. The molecule has 0 aromatic heterocycles. The van der Waals surface area contributed by atoms with E-state index in [2.05, 4.69) is 24.3 Å². The minimum Gasteiger partial charge on any atom is -0.300 e. The summed E-state index contributed by atoms with van der Waals surface area (Å²) in [6, 6.07) is 8.77. The van der Waals surface area contributed by atoms with Gasteiger partial charge in [0.2, 0.25) is 0 Å². The van der Waals surface area contributed by atoms with Crippen LogP contribution in [0.15, 0.2) is 29.2 Å². The van der Waals surface area contributed by atoms with E-state index in [4.69, 9.17) is 0 Å². The van der Waals surface area contributed by atoms with Gasteiger partial charge < -0.3 is 0 Å². The van der Waals surface area contributed by atoms with E-state index < -0.39 is 0 Å². The summed E-state index contributed by atoms with van der Waals surface area (Å²) in [6.45, 7) is 0. The Bertz CT molecular complexity index is 403. The number of fused-ring (bicyclic) bond motifs is 1. The number of carbonyl (C=O) groups excluding carboxylic acids is 1. The van der Waals surface area contributed by atoms with Gasteiger partial charge in [-0.3, -0.25) is 4.79 Å². The van der Waals surface area contributed by atoms with Gasteiger partial charge in [0.05, 0.1) is 0 Å². The zero-order chi connectivity index (χ0) is 11.0. The average Bonchev–Trinajstić information content (AvgIpc) is 2.74. The van der Waals surface area contributed by atoms with E-state index in [9.17, 15) is 4.79 Å². The third-order valence-electron chi connectivity index (χ3n) is 3.89. The van der Waals surface area contributed by atoms with Crippen LogP contribution < -0.4 is 0 Å². The molecule has 0 radical (unpaired) electrons. The van der Waals surface area contributed by atoms with Crippen LogP contribution in [0.3, 0.4) is 0 Å². The standard InChI is InChI=1S/C14H16OS/c15-11-7-5-10(6-8-11)13-9-16-14-4-2-1-3-12(13)14/h1-4,10,13H,5-9H2. The molecule has 1 aliphatic carbocycles. The lowest BCUT2D eigenvalue weighted by Gasteiger charge is -2.26. The monoisotopic (exact) mass is 232 g/mol. The molecule has 3 rings (SSSR count). The molecule has 1 aromatic carbocycles. The molecule has 0 saturated heterocycles. The van der Waals surface area contributed by atoms with Crippen molar-refractivity contribution in [2.45, 2.75) is 36.5 Å². The highest BCUT2D eigenvalue weighted by atomic mass is 32.2. The summed E-state index contributed by atoms with van der Waals surface area (Å²) < 4.78 is 0. The molecule has 0 N–H and O–H groups in total. The van der Waals surface area contributed by atoms with Gasteiger partial charge in [0.25, 0.3) is 0 Å². The molecule has 1 unspecified atom stereocenters. The second kappa shape index (κ2) is 4.25. The molecule has 16 heavy (non-hydrogen) atoms. The fourth-order valence-electron chi connectivity index (χ4n) is 2.94. The molecule has 0 bridgehead atoms. The van der Waals surface area contributed by atoms with Gasteiger partial charge in [0.15, 0.2) is 0 Å². The van der Waals surface area contributed by atoms with Crippen molar-refractivity contribution >= 4 is 17.5 Å². The number of hydrogen-bond donors (Lipinski definition) is 0. The van der Waals surface area contributed by atoms with E-state index in [1.54, 1.807) is 0 Å². The summed E-state index contributed by atoms with van der Waals surface area (Å²) in [5, 5.41) is 0. The first kappa shape index (κ1) is 10.4. The first-order valence-corrected chi connectivity index (χ1v) is 7.06. The van der Waals surface area contributed by atoms with E-state index in [-0.39, 0.29) is 0 Å². The fourth-order valence-corrected chi connectivity index (χ4v) is 4.31. The Morgan fingerprint density at radius 1 is 1.12 bits per heavy atom. The molecule has 1 nitrogen and oxygen atoms in total. The third kappa shape index (κ3) is 1.80. The minimum atomic E-state index is 0.468. The SMILES string of the molecule is O=C1CCC(C2CSc3ccccc32)CC1. The predicted octanol–water partition coefficient (Wildman–Crippen LogP) is 3.64. The van der Waals surface area contributed by atoms with Crippen molar-refractivity contribution in [1.82, 2.24) is 0 Å². The Morgan fingerprint density at radius 2 is 1.88 bits per heavy atom. The van der Waals surface area contributed by atoms with Crippen molar-refractivity contribution in [3.63, 3.8) is 0 Å². The average molecular weight is 232 g/mol. The van der Waals surface area contributed by atoms with Crippen LogP contribution in [-0.4, -0.2) is 11.5 Å². The first-order valence-electron chi connectivity index (χ1n) is 6.08. The minimum absolute atomic E-state index is 0.468. The Morgan fingerprint density at radius 3 is 2.69 bits per heavy atom. The van der Waals surface area contributed by atoms with Crippen LogP contribution in [-0.2, 0) is 4.79 Å². The molecule has 0 amide bonds. The maximum Gasteiger partial charge on any atom is 0.132 e. The molecular weight excluding hydrogens is 216 g/mol. The summed E-state index contributed by atoms with van der Waals surface area (Å²) >= 11 is 1.99. The van der Waals surface area contributed by atoms with Crippen LogP contribution >= 0.6 is 11.8 Å². The van der Waals surface area contributed by atoms with Gasteiger partial charge in [-0.1, -0.05) is 18.2 Å². The smallest absolute Gasteiger partial charge is 0.132 e. The lowest BCUT2D eigenvalue weighted by atomic mass is 9.77. The fraction of sp³-hybridized carbons (Fsp3) is 0.500. The van der Waals surface area contributed by atoms with E-state index >= 15 is 0 Å². The van der Waals surface area contributed by atoms with Crippen molar-refractivity contribution < 1.29 is 4.79 Å². The van der Waals surface area contributed by atoms with Crippen LogP contribution in [0.1, 0.15) is 37.2 Å². The van der Waals surface area contributed by atoms with E-state index in [0.29, 0.717) is 11.7 Å². The van der Waals surface area contributed by atoms with Gasteiger partial charge in [0.1, 0.15) is 5.78 Å². The number of ketones is 1. The van der Waals surface area contributed by atoms with Crippen LogP contribution in [0.2, 0.25) is 0 Å². The Labute approximate surface area is 101 Å². The quantitative estimate of drug-likeness (QED) is 0.735. The summed E-state index contributed by atoms with van der Waals surface area (Å²) in [4.78, 5) is 12.7. The van der Waals surface area contributed by atoms with Crippen LogP contribution in [0.5, 0.6) is 0 Å². The molecule has 2 heteroatoms. The van der Waals surface area contributed by atoms with Crippen molar-refractivity contribution in [3.05, 3.63) is 29.8 Å². The first-order chi connectivity index (χ1) is 7.84. The molecule has 1 heterocycles. The normalized spacial score (nSPS) is 25.8. The highest BCUT2D eigenvalue weighted by Crippen LogP contribution is 2.46. The number of thioether (sulfide) groups is 1. The van der Waals surface area contributed by atoms with Crippen LogP contribution in [0.25, 0.3) is 0 Å². The zero-order valence-corrected chi connectivity index (χ0v) is 10.1. The van der Waals surface area contributed by atoms with Crippen LogP contribution in [0.4, 0.5) is 0 Å². The van der Waals surface area contributed by atoms with Crippen molar-refractivity contribution in [2.24, 2.45) is 5.92 Å². The van der Waals surface area contributed by atoms with Crippen molar-refractivity contribution in [3.8, 4) is 0 Å². The van der Waals surface area contributed by atoms with E-state index in [1.807, 2.05) is 11.8 Å². The Balaban J connectivity index is 1.80. The van der Waals surface area contributed by atoms with E-state index in [0.717, 1.165) is 31.6 Å². The van der Waals surface area contributed by atoms with Gasteiger partial charge in [0, 0.05) is 23.5 Å². The highest BCUT2D eigenvalue weighted by molar-refractivity contribution is 7.99. The van der Waals surface area contributed by atoms with Crippen molar-refractivity contribution in [1.29, 1.82) is 0 Å². The second-order valence-corrected chi connectivity index (χ2v) is 5.89. The van der Waals surface area contributed by atoms with Gasteiger partial charge in [-0.15, -0.1) is 11.8 Å². The molecule has 0 spiro atoms. The topological polar surface area (TPSA) is 17.1 Å². The maximum absolute atomic E-state index is 11.3. The lowest BCUT2D eigenvalue weighted by Crippen LogP contribution is -2.20. The number of carbonyl (C=O) groups is 1. The van der Waals surface area contributed by atoms with Gasteiger partial charge >= 0.3 is 0 Å². The lowest BCUT2D eigenvalue weighted by molar-refractivity contribution is -0.121. The largest absolute Gasteiger partial charge is 0.300 e. The third-order valence-corrected chi connectivity index (χ3v) is 5.10. The molecule has 1 aliphatic heterocycles. The van der Waals surface area contributed by atoms with Gasteiger partial charge in [-0.2, -0.15) is 0 Å². The molecule has 1 saturated carbocycles. The highest BCUT2D eigenvalue weighted by Gasteiger charge is 2.32. The van der Waals surface area contributed by atoms with Crippen LogP contribution in [0, 0.1) is 5.92 Å². The number of hydrogen-bond acceptors (Lipinski definition) is 2. The van der Waals surface area contributed by atoms with Gasteiger partial charge in [-0.05, 0) is 36.3 Å². The molecule has 1 fully saturated rings. The Hall–Kier alpha value is -0.760. The molecule has 2 aliphatic rings. The molecule has 1 aromatic rings. The second-order valence-electron chi connectivity index (χ2n) is 4.83. The summed E-state index contributed by atoms with van der Waals surface area (Å²) in [7, 11) is 0. The number of Topliss-reactive ketones (excluding diaryl/α,β-unsaturated/α-hetero) is 1. The van der Waals surface area contributed by atoms with Gasteiger partial charge in [-0.25, -0.2) is 0 Å². The number of rotatable bonds is 1. The zero-order valence-electron chi connectivity index (χ0n) is 9.32. The molecule has 1 atom stereocenters. The predicted molar refractivity (Wildman–Crippen MR) is 66.9 cm³/mol. The summed E-state index contributed by atoms with van der Waals surface area (Å²) in [5.41, 5.74) is 1.53. The van der Waals surface area contributed by atoms with Crippen molar-refractivity contribution in [2.75, 3.05) is 5.75 Å². The molecular formula is C14H16OS. The molecule has 84 valence electrons. The number of benzene rings is 1. The summed E-state index contributed by atoms with van der Waals surface area (Å²) in [5.74, 6) is 3.14. The van der Waals surface area contributed by atoms with E-state index in [1.165, 1.54) is 16.2 Å². The Kier molecular flexibility index (Phi) is 2.76.